The van der Waals surface area contributed by atoms with E-state index in [1.165, 1.54) is 0 Å². The zero-order valence-electron chi connectivity index (χ0n) is 13.7. The van der Waals surface area contributed by atoms with E-state index in [1.807, 2.05) is 36.4 Å². The molecule has 0 bridgehead atoms. The Morgan fingerprint density at radius 1 is 0.920 bits per heavy atom. The summed E-state index contributed by atoms with van der Waals surface area (Å²) in [5, 5.41) is 4.84. The van der Waals surface area contributed by atoms with Gasteiger partial charge in [-0.15, -0.1) is 0 Å². The number of nitrogens with one attached hydrogen (secondary N) is 1. The summed E-state index contributed by atoms with van der Waals surface area (Å²) in [5.41, 5.74) is 1.09. The van der Waals surface area contributed by atoms with Crippen LogP contribution in [0.2, 0.25) is 0 Å². The van der Waals surface area contributed by atoms with Gasteiger partial charge in [-0.05, 0) is 35.0 Å². The lowest BCUT2D eigenvalue weighted by Crippen LogP contribution is -2.37. The normalized spacial score (nSPS) is 11.2. The molecule has 6 heteroatoms. The van der Waals surface area contributed by atoms with Crippen molar-refractivity contribution < 1.29 is 13.2 Å². The molecule has 0 saturated heterocycles. The van der Waals surface area contributed by atoms with Gasteiger partial charge >= 0.3 is 0 Å². The quantitative estimate of drug-likeness (QED) is 0.765. The Hall–Kier alpha value is -2.86. The van der Waals surface area contributed by atoms with Gasteiger partial charge in [0.05, 0.1) is 11.9 Å². The summed E-state index contributed by atoms with van der Waals surface area (Å²) in [7, 11) is -3.57. The zero-order valence-corrected chi connectivity index (χ0v) is 14.5. The van der Waals surface area contributed by atoms with E-state index in [2.05, 4.69) is 5.32 Å². The molecule has 128 valence electrons. The minimum atomic E-state index is -3.57. The molecule has 5 nitrogen and oxygen atoms in total. The molecule has 1 amide bonds. The summed E-state index contributed by atoms with van der Waals surface area (Å²) < 4.78 is 25.2. The van der Waals surface area contributed by atoms with Gasteiger partial charge in [-0.2, -0.15) is 0 Å². The summed E-state index contributed by atoms with van der Waals surface area (Å²) >= 11 is 0. The van der Waals surface area contributed by atoms with Crippen molar-refractivity contribution in [1.82, 2.24) is 0 Å². The van der Waals surface area contributed by atoms with Crippen molar-refractivity contribution in [3.63, 3.8) is 0 Å². The fourth-order valence-corrected chi connectivity index (χ4v) is 3.45. The first-order valence-electron chi connectivity index (χ1n) is 7.75. The monoisotopic (exact) mass is 354 g/mol. The van der Waals surface area contributed by atoms with Gasteiger partial charge in [-0.3, -0.25) is 9.10 Å². The van der Waals surface area contributed by atoms with Crippen molar-refractivity contribution in [2.75, 3.05) is 22.4 Å². The molecule has 1 N–H and O–H groups in total. The van der Waals surface area contributed by atoms with Crippen molar-refractivity contribution in [2.45, 2.75) is 0 Å². The molecule has 0 fully saturated rings. The molecular formula is C19H18N2O3S. The number of hydrogen-bond acceptors (Lipinski definition) is 3. The lowest BCUT2D eigenvalue weighted by molar-refractivity contribution is -0.114. The van der Waals surface area contributed by atoms with Gasteiger partial charge in [0.15, 0.2) is 0 Å². The number of nitrogens with zero attached hydrogens (tertiary/aromatic N) is 1. The minimum Gasteiger partial charge on any atom is -0.324 e. The van der Waals surface area contributed by atoms with Crippen LogP contribution in [-0.2, 0) is 14.8 Å². The van der Waals surface area contributed by atoms with E-state index in [-0.39, 0.29) is 6.54 Å². The molecule has 3 aromatic carbocycles. The van der Waals surface area contributed by atoms with Crippen molar-refractivity contribution in [3.05, 3.63) is 72.8 Å². The first-order valence-corrected chi connectivity index (χ1v) is 9.60. The highest BCUT2D eigenvalue weighted by atomic mass is 32.2. The van der Waals surface area contributed by atoms with Crippen LogP contribution in [0.1, 0.15) is 0 Å². The minimum absolute atomic E-state index is 0.282. The van der Waals surface area contributed by atoms with Crippen molar-refractivity contribution in [2.24, 2.45) is 0 Å². The number of fused-ring (bicyclic) bond motifs is 1. The Morgan fingerprint density at radius 3 is 2.24 bits per heavy atom. The highest BCUT2D eigenvalue weighted by molar-refractivity contribution is 7.92. The van der Waals surface area contributed by atoms with Gasteiger partial charge < -0.3 is 5.32 Å². The summed E-state index contributed by atoms with van der Waals surface area (Å²) in [5.74, 6) is -0.399. The lowest BCUT2D eigenvalue weighted by atomic mass is 10.1. The van der Waals surface area contributed by atoms with Gasteiger partial charge in [0.2, 0.25) is 15.9 Å². The molecule has 0 unspecified atom stereocenters. The molecule has 0 heterocycles. The van der Waals surface area contributed by atoms with Crippen LogP contribution in [-0.4, -0.2) is 27.1 Å². The highest BCUT2D eigenvalue weighted by Gasteiger charge is 2.20. The Balaban J connectivity index is 1.79. The molecule has 25 heavy (non-hydrogen) atoms. The second-order valence-corrected chi connectivity index (χ2v) is 7.62. The van der Waals surface area contributed by atoms with Crippen LogP contribution in [0.15, 0.2) is 72.8 Å². The Bertz CT molecular complexity index is 1000. The number of rotatable bonds is 5. The largest absolute Gasteiger partial charge is 0.324 e. The maximum atomic E-state index is 12.4. The third-order valence-corrected chi connectivity index (χ3v) is 4.91. The summed E-state index contributed by atoms with van der Waals surface area (Å²) in [4.78, 5) is 12.4. The van der Waals surface area contributed by atoms with Crippen LogP contribution < -0.4 is 9.62 Å². The fraction of sp³-hybridized carbons (Fsp3) is 0.105. The molecule has 0 radical (unpaired) electrons. The molecule has 0 aliphatic carbocycles. The average Bonchev–Trinajstić information content (AvgIpc) is 2.59. The third-order valence-electron chi connectivity index (χ3n) is 3.76. The van der Waals surface area contributed by atoms with Gasteiger partial charge in [0, 0.05) is 5.69 Å². The predicted octanol–water partition coefficient (Wildman–Crippen LogP) is 3.24. The number of benzene rings is 3. The van der Waals surface area contributed by atoms with E-state index >= 15 is 0 Å². The van der Waals surface area contributed by atoms with E-state index in [0.29, 0.717) is 11.4 Å². The fourth-order valence-electron chi connectivity index (χ4n) is 2.59. The van der Waals surface area contributed by atoms with Crippen molar-refractivity contribution in [1.29, 1.82) is 0 Å². The number of amides is 1. The molecule has 0 spiro atoms. The van der Waals surface area contributed by atoms with E-state index in [1.54, 1.807) is 36.4 Å². The average molecular weight is 354 g/mol. The number of para-hydroxylation sites is 1. The topological polar surface area (TPSA) is 66.5 Å². The zero-order chi connectivity index (χ0) is 17.9. The molecule has 0 saturated carbocycles. The van der Waals surface area contributed by atoms with Crippen LogP contribution in [0.4, 0.5) is 11.4 Å². The molecular weight excluding hydrogens is 336 g/mol. The number of hydrogen-bond donors (Lipinski definition) is 1. The smallest absolute Gasteiger partial charge is 0.245 e. The number of anilines is 2. The summed E-state index contributed by atoms with van der Waals surface area (Å²) in [6.45, 7) is -0.282. The predicted molar refractivity (Wildman–Crippen MR) is 101 cm³/mol. The molecule has 0 aromatic heterocycles. The van der Waals surface area contributed by atoms with Crippen LogP contribution in [0.25, 0.3) is 10.8 Å². The Kier molecular flexibility index (Phi) is 4.72. The maximum absolute atomic E-state index is 12.4. The van der Waals surface area contributed by atoms with Crippen molar-refractivity contribution in [3.8, 4) is 0 Å². The van der Waals surface area contributed by atoms with Crippen molar-refractivity contribution >= 4 is 38.1 Å². The van der Waals surface area contributed by atoms with Crippen LogP contribution >= 0.6 is 0 Å². The molecule has 0 atom stereocenters. The summed E-state index contributed by atoms with van der Waals surface area (Å²) in [6.07, 6.45) is 1.09. The molecule has 3 aromatic rings. The Morgan fingerprint density at radius 2 is 1.56 bits per heavy atom. The third kappa shape index (κ3) is 4.16. The maximum Gasteiger partial charge on any atom is 0.245 e. The highest BCUT2D eigenvalue weighted by Crippen LogP contribution is 2.20. The number of carbonyl (C=O) groups is 1. The second-order valence-electron chi connectivity index (χ2n) is 5.72. The second kappa shape index (κ2) is 6.94. The van der Waals surface area contributed by atoms with E-state index < -0.39 is 15.9 Å². The van der Waals surface area contributed by atoms with Crippen LogP contribution in [0.5, 0.6) is 0 Å². The molecule has 3 rings (SSSR count). The first kappa shape index (κ1) is 17.0. The first-order chi connectivity index (χ1) is 11.9. The van der Waals surface area contributed by atoms with E-state index in [0.717, 1.165) is 21.3 Å². The standard InChI is InChI=1S/C19H18N2O3S/c1-25(23,24)21(18-9-3-2-4-10-18)14-19(22)20-17-12-11-15-7-5-6-8-16(15)13-17/h2-13H,14H2,1H3,(H,20,22). The van der Waals surface area contributed by atoms with Gasteiger partial charge in [0.25, 0.3) is 0 Å². The number of carbonyl (C=O) groups excluding carboxylic acids is 1. The number of sulfonamides is 1. The van der Waals surface area contributed by atoms with Crippen LogP contribution in [0, 0.1) is 0 Å². The lowest BCUT2D eigenvalue weighted by Gasteiger charge is -2.21. The van der Waals surface area contributed by atoms with Gasteiger partial charge in [-0.25, -0.2) is 8.42 Å². The Labute approximate surface area is 146 Å². The van der Waals surface area contributed by atoms with Gasteiger partial charge in [-0.1, -0.05) is 48.5 Å². The summed E-state index contributed by atoms with van der Waals surface area (Å²) in [6, 6.07) is 22.0. The van der Waals surface area contributed by atoms with E-state index in [4.69, 9.17) is 0 Å². The van der Waals surface area contributed by atoms with Crippen LogP contribution in [0.3, 0.4) is 0 Å². The SMILES string of the molecule is CS(=O)(=O)N(CC(=O)Nc1ccc2ccccc2c1)c1ccccc1. The van der Waals surface area contributed by atoms with E-state index in [9.17, 15) is 13.2 Å². The molecule has 0 aliphatic heterocycles. The molecule has 0 aliphatic rings. The van der Waals surface area contributed by atoms with Gasteiger partial charge in [0.1, 0.15) is 6.54 Å².